The molecule has 3 amide bonds. The second-order valence-corrected chi connectivity index (χ2v) is 9.93. The Kier molecular flexibility index (Phi) is 8.78. The van der Waals surface area contributed by atoms with Gasteiger partial charge in [-0.2, -0.15) is 5.10 Å². The summed E-state index contributed by atoms with van der Waals surface area (Å²) in [6, 6.07) is 20.5. The highest BCUT2D eigenvalue weighted by Gasteiger charge is 2.35. The van der Waals surface area contributed by atoms with Gasteiger partial charge >= 0.3 is 6.03 Å². The number of carbonyl (C=O) groups is 2. The number of hydrogen-bond acceptors (Lipinski definition) is 6. The van der Waals surface area contributed by atoms with Gasteiger partial charge in [-0.1, -0.05) is 42.5 Å². The summed E-state index contributed by atoms with van der Waals surface area (Å²) in [5, 5.41) is 9.28. The number of aryl methyl sites for hydroxylation is 1. The zero-order valence-electron chi connectivity index (χ0n) is 23.0. The van der Waals surface area contributed by atoms with Gasteiger partial charge in [0.1, 0.15) is 12.3 Å². The first-order valence-corrected chi connectivity index (χ1v) is 13.6. The van der Waals surface area contributed by atoms with E-state index < -0.39 is 0 Å². The molecule has 10 nitrogen and oxygen atoms in total. The van der Waals surface area contributed by atoms with E-state index in [1.54, 1.807) is 29.2 Å². The van der Waals surface area contributed by atoms with Crippen LogP contribution >= 0.6 is 0 Å². The van der Waals surface area contributed by atoms with E-state index in [0.717, 1.165) is 30.1 Å². The third kappa shape index (κ3) is 6.35. The second-order valence-electron chi connectivity index (χ2n) is 9.93. The molecular formula is C30H36N6O4. The molecule has 2 aromatic carbocycles. The molecule has 1 fully saturated rings. The van der Waals surface area contributed by atoms with E-state index in [0.29, 0.717) is 44.2 Å². The molecule has 2 aliphatic rings. The van der Waals surface area contributed by atoms with Crippen LogP contribution in [0.3, 0.4) is 0 Å². The standard InChI is InChI=1S/C30H36N6O4/c1-33-14-8-12-26(33)25-21-27(23-9-4-3-5-10-23)36(32-25)29(37)22-35(16-15-34-17-19-40-20-18-34)30(38)31-24-11-6-7-13-28(24)39-2/h3-14,27H,15-22H2,1-2H3,(H,31,38)/t27-/m1/s1. The van der Waals surface area contributed by atoms with Gasteiger partial charge in [0, 0.05) is 45.8 Å². The molecule has 0 unspecified atom stereocenters. The molecule has 0 spiro atoms. The fourth-order valence-corrected chi connectivity index (χ4v) is 5.11. The monoisotopic (exact) mass is 544 g/mol. The van der Waals surface area contributed by atoms with E-state index >= 15 is 0 Å². The van der Waals surface area contributed by atoms with E-state index in [-0.39, 0.29) is 24.5 Å². The Morgan fingerprint density at radius 3 is 2.52 bits per heavy atom. The molecule has 1 aromatic heterocycles. The molecule has 2 aliphatic heterocycles. The van der Waals surface area contributed by atoms with Gasteiger partial charge in [0.2, 0.25) is 0 Å². The molecule has 3 aromatic rings. The first-order valence-electron chi connectivity index (χ1n) is 13.6. The summed E-state index contributed by atoms with van der Waals surface area (Å²) in [6.07, 6.45) is 2.56. The molecule has 0 aliphatic carbocycles. The third-order valence-electron chi connectivity index (χ3n) is 7.34. The minimum absolute atomic E-state index is 0.113. The number of rotatable bonds is 9. The lowest BCUT2D eigenvalue weighted by molar-refractivity contribution is -0.133. The topological polar surface area (TPSA) is 91.6 Å². The van der Waals surface area contributed by atoms with Crippen LogP contribution in [-0.2, 0) is 16.6 Å². The van der Waals surface area contributed by atoms with E-state index in [1.807, 2.05) is 72.4 Å². The fourth-order valence-electron chi connectivity index (χ4n) is 5.11. The van der Waals surface area contributed by atoms with Crippen LogP contribution in [0.2, 0.25) is 0 Å². The van der Waals surface area contributed by atoms with Crippen molar-refractivity contribution in [1.82, 2.24) is 19.4 Å². The zero-order chi connectivity index (χ0) is 27.9. The summed E-state index contributed by atoms with van der Waals surface area (Å²) in [5.41, 5.74) is 3.36. The number of ether oxygens (including phenoxy) is 2. The summed E-state index contributed by atoms with van der Waals surface area (Å²) in [7, 11) is 3.53. The van der Waals surface area contributed by atoms with Crippen molar-refractivity contribution < 1.29 is 19.1 Å². The van der Waals surface area contributed by atoms with Crippen LogP contribution in [0.25, 0.3) is 0 Å². The SMILES string of the molecule is COc1ccccc1NC(=O)N(CCN1CCOCC1)CC(=O)N1N=C(c2cccn2C)C[C@@H]1c1ccccc1. The normalized spacial score (nSPS) is 17.4. The number of morpholine rings is 1. The predicted molar refractivity (Wildman–Crippen MR) is 153 cm³/mol. The summed E-state index contributed by atoms with van der Waals surface area (Å²) >= 11 is 0. The van der Waals surface area contributed by atoms with Gasteiger partial charge in [-0.3, -0.25) is 9.69 Å². The van der Waals surface area contributed by atoms with Crippen molar-refractivity contribution in [3.05, 3.63) is 84.2 Å². The number of hydrogen-bond donors (Lipinski definition) is 1. The lowest BCUT2D eigenvalue weighted by Gasteiger charge is -2.31. The maximum absolute atomic E-state index is 13.9. The molecule has 1 atom stereocenters. The number of para-hydroxylation sites is 2. The molecule has 1 N–H and O–H groups in total. The molecule has 5 rings (SSSR count). The van der Waals surface area contributed by atoms with E-state index in [4.69, 9.17) is 14.6 Å². The number of methoxy groups -OCH3 is 1. The number of carbonyl (C=O) groups excluding carboxylic acids is 2. The average Bonchev–Trinajstić information content (AvgIpc) is 3.63. The van der Waals surface area contributed by atoms with Gasteiger partial charge in [0.15, 0.2) is 0 Å². The van der Waals surface area contributed by atoms with E-state index in [1.165, 1.54) is 0 Å². The van der Waals surface area contributed by atoms with Gasteiger partial charge in [-0.05, 0) is 29.8 Å². The number of amides is 3. The van der Waals surface area contributed by atoms with Crippen LogP contribution < -0.4 is 10.1 Å². The number of anilines is 1. The highest BCUT2D eigenvalue weighted by atomic mass is 16.5. The van der Waals surface area contributed by atoms with Gasteiger partial charge in [0.05, 0.1) is 43.5 Å². The van der Waals surface area contributed by atoms with Gasteiger partial charge in [0.25, 0.3) is 5.91 Å². The molecule has 40 heavy (non-hydrogen) atoms. The van der Waals surface area contributed by atoms with Crippen molar-refractivity contribution in [2.45, 2.75) is 12.5 Å². The lowest BCUT2D eigenvalue weighted by atomic mass is 10.0. The first kappa shape index (κ1) is 27.4. The number of nitrogens with one attached hydrogen (secondary N) is 1. The van der Waals surface area contributed by atoms with Crippen LogP contribution in [0.15, 0.2) is 78.0 Å². The molecular weight excluding hydrogens is 508 g/mol. The Hall–Kier alpha value is -4.15. The molecule has 210 valence electrons. The second kappa shape index (κ2) is 12.8. The summed E-state index contributed by atoms with van der Waals surface area (Å²) in [5.74, 6) is 0.311. The smallest absolute Gasteiger partial charge is 0.322 e. The molecule has 10 heteroatoms. The molecule has 3 heterocycles. The Morgan fingerprint density at radius 2 is 1.80 bits per heavy atom. The van der Waals surface area contributed by atoms with Crippen LogP contribution in [0, 0.1) is 0 Å². The van der Waals surface area contributed by atoms with Crippen LogP contribution in [-0.4, -0.2) is 90.1 Å². The van der Waals surface area contributed by atoms with Crippen molar-refractivity contribution in [1.29, 1.82) is 0 Å². The Balaban J connectivity index is 1.38. The maximum Gasteiger partial charge on any atom is 0.322 e. The lowest BCUT2D eigenvalue weighted by Crippen LogP contribution is -2.47. The van der Waals surface area contributed by atoms with Crippen molar-refractivity contribution in [3.63, 3.8) is 0 Å². The maximum atomic E-state index is 13.9. The van der Waals surface area contributed by atoms with Crippen LogP contribution in [0.5, 0.6) is 5.75 Å². The minimum Gasteiger partial charge on any atom is -0.495 e. The Labute approximate surface area is 234 Å². The predicted octanol–water partition coefficient (Wildman–Crippen LogP) is 3.58. The Bertz CT molecular complexity index is 1330. The molecule has 0 saturated carbocycles. The summed E-state index contributed by atoms with van der Waals surface area (Å²) in [4.78, 5) is 31.3. The van der Waals surface area contributed by atoms with Crippen molar-refractivity contribution in [2.24, 2.45) is 12.1 Å². The van der Waals surface area contributed by atoms with Crippen molar-refractivity contribution >= 4 is 23.3 Å². The minimum atomic E-state index is -0.367. The highest BCUT2D eigenvalue weighted by Crippen LogP contribution is 2.33. The summed E-state index contributed by atoms with van der Waals surface area (Å²) < 4.78 is 12.9. The third-order valence-corrected chi connectivity index (χ3v) is 7.34. The van der Waals surface area contributed by atoms with Gasteiger partial charge in [-0.15, -0.1) is 0 Å². The Morgan fingerprint density at radius 1 is 1.05 bits per heavy atom. The fraction of sp³-hybridized carbons (Fsp3) is 0.367. The van der Waals surface area contributed by atoms with E-state index in [2.05, 4.69) is 10.2 Å². The number of nitrogens with zero attached hydrogens (tertiary/aromatic N) is 5. The summed E-state index contributed by atoms with van der Waals surface area (Å²) in [6.45, 7) is 3.81. The average molecular weight is 545 g/mol. The molecule has 1 saturated heterocycles. The van der Waals surface area contributed by atoms with Crippen LogP contribution in [0.1, 0.15) is 23.7 Å². The number of urea groups is 1. The largest absolute Gasteiger partial charge is 0.495 e. The van der Waals surface area contributed by atoms with E-state index in [9.17, 15) is 9.59 Å². The van der Waals surface area contributed by atoms with Crippen molar-refractivity contribution in [2.75, 3.05) is 58.4 Å². The van der Waals surface area contributed by atoms with Crippen molar-refractivity contribution in [3.8, 4) is 5.75 Å². The van der Waals surface area contributed by atoms with Gasteiger partial charge in [-0.25, -0.2) is 9.80 Å². The van der Waals surface area contributed by atoms with Gasteiger partial charge < -0.3 is 24.3 Å². The number of hydrazone groups is 1. The first-order chi connectivity index (χ1) is 19.5. The number of aromatic nitrogens is 1. The molecule has 0 bridgehead atoms. The van der Waals surface area contributed by atoms with Crippen LogP contribution in [0.4, 0.5) is 10.5 Å². The number of benzene rings is 2. The quantitative estimate of drug-likeness (QED) is 0.445. The molecule has 0 radical (unpaired) electrons. The zero-order valence-corrected chi connectivity index (χ0v) is 23.0. The highest BCUT2D eigenvalue weighted by molar-refractivity contribution is 6.02.